The summed E-state index contributed by atoms with van der Waals surface area (Å²) in [6.07, 6.45) is 1.57. The van der Waals surface area contributed by atoms with Crippen LogP contribution >= 0.6 is 0 Å². The summed E-state index contributed by atoms with van der Waals surface area (Å²) in [5.41, 5.74) is -0.598. The van der Waals surface area contributed by atoms with Gasteiger partial charge in [-0.25, -0.2) is 4.39 Å². The molecule has 0 aliphatic carbocycles. The Hall–Kier alpha value is -2.29. The number of hydrogen-bond donors (Lipinski definition) is 1. The van der Waals surface area contributed by atoms with E-state index in [4.69, 9.17) is 4.74 Å². The Morgan fingerprint density at radius 3 is 2.45 bits per heavy atom. The van der Waals surface area contributed by atoms with Crippen LogP contribution in [0.5, 0.6) is 5.75 Å². The van der Waals surface area contributed by atoms with Crippen molar-refractivity contribution in [2.75, 3.05) is 26.2 Å². The number of hydrogen-bond acceptors (Lipinski definition) is 5. The van der Waals surface area contributed by atoms with Crippen molar-refractivity contribution < 1.29 is 32.2 Å². The highest BCUT2D eigenvalue weighted by molar-refractivity contribution is 5.94. The monoisotopic (exact) mass is 416 g/mol. The first-order chi connectivity index (χ1) is 13.5. The number of ether oxygens (including phenoxy) is 2. The van der Waals surface area contributed by atoms with E-state index < -0.39 is 29.7 Å². The highest BCUT2D eigenvalue weighted by Gasteiger charge is 2.24. The van der Waals surface area contributed by atoms with Crippen molar-refractivity contribution in [1.82, 2.24) is 10.2 Å². The maximum atomic E-state index is 13.5. The van der Waals surface area contributed by atoms with Gasteiger partial charge in [0.15, 0.2) is 0 Å². The van der Waals surface area contributed by atoms with Crippen LogP contribution in [-0.2, 0) is 9.53 Å². The number of nitrogens with one attached hydrogen (secondary N) is 1. The number of likely N-dealkylation sites (tertiary alicyclic amines) is 1. The van der Waals surface area contributed by atoms with E-state index in [1.54, 1.807) is 0 Å². The molecule has 0 atom stereocenters. The molecular weight excluding hydrogens is 389 g/mol. The highest BCUT2D eigenvalue weighted by Crippen LogP contribution is 2.20. The van der Waals surface area contributed by atoms with E-state index in [-0.39, 0.29) is 24.0 Å². The largest absolute Gasteiger partial charge is 0.459 e. The molecule has 0 unspecified atom stereocenters. The molecular formula is C20H27F3N2O4. The van der Waals surface area contributed by atoms with Gasteiger partial charge >= 0.3 is 12.6 Å². The second-order valence-corrected chi connectivity index (χ2v) is 8.07. The van der Waals surface area contributed by atoms with E-state index in [0.717, 1.165) is 31.0 Å². The minimum Gasteiger partial charge on any atom is -0.459 e. The summed E-state index contributed by atoms with van der Waals surface area (Å²) in [6.45, 7) is 4.37. The number of carbonyl (C=O) groups excluding carboxylic acids is 2. The SMILES string of the molecule is CC(C)(C)OC(=O)CN1CCC(CNC(=O)c2cc(F)cc(OC(F)F)c2)CC1. The zero-order valence-corrected chi connectivity index (χ0v) is 16.8. The molecule has 1 aromatic carbocycles. The molecule has 162 valence electrons. The number of benzene rings is 1. The second-order valence-electron chi connectivity index (χ2n) is 8.07. The Labute approximate surface area is 168 Å². The van der Waals surface area contributed by atoms with Crippen molar-refractivity contribution in [2.45, 2.75) is 45.8 Å². The number of halogens is 3. The number of piperidine rings is 1. The van der Waals surface area contributed by atoms with Crippen LogP contribution in [0.15, 0.2) is 18.2 Å². The molecule has 1 aromatic rings. The number of carbonyl (C=O) groups is 2. The fraction of sp³-hybridized carbons (Fsp3) is 0.600. The maximum absolute atomic E-state index is 13.5. The molecule has 0 aromatic heterocycles. The third-order valence-corrected chi connectivity index (χ3v) is 4.39. The summed E-state index contributed by atoms with van der Waals surface area (Å²) in [5, 5.41) is 2.70. The predicted octanol–water partition coefficient (Wildman–Crippen LogP) is 3.21. The number of esters is 1. The third-order valence-electron chi connectivity index (χ3n) is 4.39. The molecule has 1 fully saturated rings. The van der Waals surface area contributed by atoms with Crippen LogP contribution < -0.4 is 10.1 Å². The molecule has 1 N–H and O–H groups in total. The molecule has 0 spiro atoms. The van der Waals surface area contributed by atoms with Crippen molar-refractivity contribution in [3.8, 4) is 5.75 Å². The van der Waals surface area contributed by atoms with Crippen LogP contribution in [0, 0.1) is 11.7 Å². The highest BCUT2D eigenvalue weighted by atomic mass is 19.3. The van der Waals surface area contributed by atoms with Crippen LogP contribution in [0.3, 0.4) is 0 Å². The van der Waals surface area contributed by atoms with Gasteiger partial charge in [0.05, 0.1) is 6.54 Å². The number of rotatable bonds is 7. The molecule has 0 radical (unpaired) electrons. The Morgan fingerprint density at radius 1 is 1.21 bits per heavy atom. The van der Waals surface area contributed by atoms with Crippen molar-refractivity contribution in [3.63, 3.8) is 0 Å². The van der Waals surface area contributed by atoms with Crippen LogP contribution in [0.1, 0.15) is 44.0 Å². The van der Waals surface area contributed by atoms with Crippen molar-refractivity contribution in [1.29, 1.82) is 0 Å². The van der Waals surface area contributed by atoms with Gasteiger partial charge in [0, 0.05) is 18.2 Å². The Morgan fingerprint density at radius 2 is 1.86 bits per heavy atom. The Balaban J connectivity index is 1.78. The lowest BCUT2D eigenvalue weighted by Crippen LogP contribution is -2.42. The molecule has 6 nitrogen and oxygen atoms in total. The summed E-state index contributed by atoms with van der Waals surface area (Å²) in [6, 6.07) is 2.84. The van der Waals surface area contributed by atoms with Crippen LogP contribution in [-0.4, -0.2) is 55.2 Å². The molecule has 1 aliphatic rings. The second kappa shape index (κ2) is 9.96. The molecule has 1 saturated heterocycles. The van der Waals surface area contributed by atoms with Crippen molar-refractivity contribution >= 4 is 11.9 Å². The number of nitrogens with zero attached hydrogens (tertiary/aromatic N) is 1. The summed E-state index contributed by atoms with van der Waals surface area (Å²) >= 11 is 0. The lowest BCUT2D eigenvalue weighted by atomic mass is 9.96. The first-order valence-corrected chi connectivity index (χ1v) is 9.49. The van der Waals surface area contributed by atoms with E-state index in [1.807, 2.05) is 25.7 Å². The number of amides is 1. The van der Waals surface area contributed by atoms with Crippen LogP contribution in [0.4, 0.5) is 13.2 Å². The van der Waals surface area contributed by atoms with Crippen LogP contribution in [0.25, 0.3) is 0 Å². The molecule has 1 amide bonds. The normalized spacial score (nSPS) is 16.0. The van der Waals surface area contributed by atoms with Gasteiger partial charge in [-0.3, -0.25) is 14.5 Å². The average molecular weight is 416 g/mol. The van der Waals surface area contributed by atoms with E-state index in [0.29, 0.717) is 19.6 Å². The van der Waals surface area contributed by atoms with Crippen molar-refractivity contribution in [2.24, 2.45) is 5.92 Å². The van der Waals surface area contributed by atoms with E-state index in [2.05, 4.69) is 10.1 Å². The quantitative estimate of drug-likeness (QED) is 0.692. The van der Waals surface area contributed by atoms with E-state index in [1.165, 1.54) is 0 Å². The summed E-state index contributed by atoms with van der Waals surface area (Å²) in [5.74, 6) is -1.85. The summed E-state index contributed by atoms with van der Waals surface area (Å²) in [4.78, 5) is 26.1. The van der Waals surface area contributed by atoms with Gasteiger partial charge < -0.3 is 14.8 Å². The summed E-state index contributed by atoms with van der Waals surface area (Å²) < 4.78 is 47.6. The molecule has 0 saturated carbocycles. The minimum atomic E-state index is -3.10. The topological polar surface area (TPSA) is 67.9 Å². The maximum Gasteiger partial charge on any atom is 0.387 e. The molecule has 29 heavy (non-hydrogen) atoms. The standard InChI is InChI=1S/C20H27F3N2O4/c1-20(2,3)29-17(26)12-25-6-4-13(5-7-25)11-24-18(27)14-8-15(21)10-16(9-14)28-19(22)23/h8-10,13,19H,4-7,11-12H2,1-3H3,(H,24,27). The lowest BCUT2D eigenvalue weighted by Gasteiger charge is -2.32. The minimum absolute atomic E-state index is 0.0805. The number of alkyl halides is 2. The van der Waals surface area contributed by atoms with Gasteiger partial charge in [0.2, 0.25) is 0 Å². The Bertz CT molecular complexity index is 714. The van der Waals surface area contributed by atoms with Gasteiger partial charge in [0.1, 0.15) is 17.2 Å². The summed E-state index contributed by atoms with van der Waals surface area (Å²) in [7, 11) is 0. The van der Waals surface area contributed by atoms with Gasteiger partial charge in [-0.05, 0) is 64.8 Å². The van der Waals surface area contributed by atoms with E-state index in [9.17, 15) is 22.8 Å². The molecule has 2 rings (SSSR count). The Kier molecular flexibility index (Phi) is 7.89. The van der Waals surface area contributed by atoms with Gasteiger partial charge in [-0.2, -0.15) is 8.78 Å². The lowest BCUT2D eigenvalue weighted by molar-refractivity contribution is -0.156. The van der Waals surface area contributed by atoms with E-state index >= 15 is 0 Å². The van der Waals surface area contributed by atoms with Gasteiger partial charge in [-0.1, -0.05) is 0 Å². The predicted molar refractivity (Wildman–Crippen MR) is 100 cm³/mol. The smallest absolute Gasteiger partial charge is 0.387 e. The van der Waals surface area contributed by atoms with Crippen LogP contribution in [0.2, 0.25) is 0 Å². The average Bonchev–Trinajstić information content (AvgIpc) is 2.58. The fourth-order valence-electron chi connectivity index (χ4n) is 3.11. The third kappa shape index (κ3) is 8.31. The molecule has 0 bridgehead atoms. The zero-order valence-electron chi connectivity index (χ0n) is 16.8. The van der Waals surface area contributed by atoms with Gasteiger partial charge in [-0.15, -0.1) is 0 Å². The zero-order chi connectivity index (χ0) is 21.6. The fourth-order valence-corrected chi connectivity index (χ4v) is 3.11. The molecule has 9 heteroatoms. The molecule has 1 aliphatic heterocycles. The first-order valence-electron chi connectivity index (χ1n) is 9.49. The molecule has 1 heterocycles. The first kappa shape index (κ1) is 23.0. The van der Waals surface area contributed by atoms with Gasteiger partial charge in [0.25, 0.3) is 5.91 Å². The van der Waals surface area contributed by atoms with Crippen molar-refractivity contribution in [3.05, 3.63) is 29.6 Å².